The lowest BCUT2D eigenvalue weighted by Crippen LogP contribution is -2.14. The van der Waals surface area contributed by atoms with Crippen LogP contribution in [0, 0.1) is 28.6 Å². The maximum Gasteiger partial charge on any atom is 0.101 e. The molecule has 0 radical (unpaired) electrons. The van der Waals surface area contributed by atoms with Gasteiger partial charge in [-0.2, -0.15) is 10.5 Å². The Bertz CT molecular complexity index is 2620. The molecule has 3 nitrogen and oxygen atoms in total. The molecule has 10 rings (SSSR count). The van der Waals surface area contributed by atoms with Gasteiger partial charge in [0.1, 0.15) is 6.07 Å². The summed E-state index contributed by atoms with van der Waals surface area (Å²) >= 11 is 4.04. The quantitative estimate of drug-likeness (QED) is 0.189. The third-order valence-electron chi connectivity index (χ3n) is 11.6. The lowest BCUT2D eigenvalue weighted by atomic mass is 9.77. The Kier molecular flexibility index (Phi) is 7.24. The van der Waals surface area contributed by atoms with E-state index in [1.165, 1.54) is 53.9 Å². The summed E-state index contributed by atoms with van der Waals surface area (Å²) < 4.78 is 3.67. The topological polar surface area (TPSA) is 52.5 Å². The minimum absolute atomic E-state index is 0.379. The van der Waals surface area contributed by atoms with E-state index in [4.69, 9.17) is 0 Å². The highest BCUT2D eigenvalue weighted by Gasteiger charge is 2.38. The van der Waals surface area contributed by atoms with Gasteiger partial charge in [-0.25, -0.2) is 0 Å². The predicted octanol–water partition coefficient (Wildman–Crippen LogP) is 12.3. The first-order chi connectivity index (χ1) is 25.1. The number of allylic oxidation sites excluding steroid dienone is 9. The van der Waals surface area contributed by atoms with E-state index in [1.54, 1.807) is 4.91 Å². The second kappa shape index (κ2) is 12.0. The van der Waals surface area contributed by atoms with Crippen molar-refractivity contribution in [1.29, 1.82) is 10.5 Å². The average molecular weight is 694 g/mol. The largest absolute Gasteiger partial charge is 0.308 e. The molecule has 5 aliphatic rings. The zero-order valence-corrected chi connectivity index (χ0v) is 30.1. The molecule has 0 saturated carbocycles. The number of aromatic nitrogens is 1. The Balaban J connectivity index is 1.10. The number of hydrogen-bond acceptors (Lipinski definition) is 4. The third kappa shape index (κ3) is 4.76. The van der Waals surface area contributed by atoms with Crippen LogP contribution in [0.2, 0.25) is 0 Å². The van der Waals surface area contributed by atoms with Crippen molar-refractivity contribution in [3.05, 3.63) is 146 Å². The average Bonchev–Trinajstić information content (AvgIpc) is 3.74. The fraction of sp³-hybridized carbons (Fsp3) is 0.217. The molecule has 0 fully saturated rings. The molecule has 0 bridgehead atoms. The molecular weight excluding hydrogens is 659 g/mol. The Morgan fingerprint density at radius 3 is 2.69 bits per heavy atom. The number of benzene rings is 3. The number of hydrogen-bond donors (Lipinski definition) is 0. The van der Waals surface area contributed by atoms with Crippen LogP contribution >= 0.6 is 23.1 Å². The third-order valence-corrected chi connectivity index (χ3v) is 14.2. The standard InChI is InChI=1S/C46H35N3S2/c1-27-9-7-16-40-45(27)34-13-5-6-15-39(34)49(40)46-31(26-48)11-8-14-33(46)29-18-20-42-36(22-29)38-23-37-35-21-28(32-12-4-2-3-10-30(32)25-47)17-19-41(35)50-43(37)24-44(38)51-42/h3-8,10-16,18,20,22-23,27-28,43H,2,9,17,19,21,24H2,1H3. The van der Waals surface area contributed by atoms with Gasteiger partial charge in [0.25, 0.3) is 0 Å². The van der Waals surface area contributed by atoms with E-state index in [2.05, 4.69) is 120 Å². The Labute approximate surface area is 306 Å². The van der Waals surface area contributed by atoms with Gasteiger partial charge in [0, 0.05) is 31.2 Å². The van der Waals surface area contributed by atoms with Crippen molar-refractivity contribution in [2.45, 2.75) is 56.6 Å². The zero-order chi connectivity index (χ0) is 34.2. The molecule has 5 heteroatoms. The molecule has 5 aromatic rings. The minimum atomic E-state index is 0.379. The van der Waals surface area contributed by atoms with Crippen LogP contribution in [0.15, 0.2) is 118 Å². The van der Waals surface area contributed by atoms with E-state index < -0.39 is 0 Å². The highest BCUT2D eigenvalue weighted by molar-refractivity contribution is 8.04. The number of thioether (sulfide) groups is 1. The number of nitrogens with zero attached hydrogens (tertiary/aromatic N) is 3. The second-order valence-electron chi connectivity index (χ2n) is 14.4. The molecule has 3 atom stereocenters. The smallest absolute Gasteiger partial charge is 0.101 e. The summed E-state index contributed by atoms with van der Waals surface area (Å²) in [4.78, 5) is 3.04. The number of fused-ring (bicyclic) bond motifs is 8. The molecule has 51 heavy (non-hydrogen) atoms. The summed E-state index contributed by atoms with van der Waals surface area (Å²) in [6.45, 7) is 2.31. The van der Waals surface area contributed by atoms with Gasteiger partial charge in [-0.05, 0) is 131 Å². The second-order valence-corrected chi connectivity index (χ2v) is 16.9. The first kappa shape index (κ1) is 30.7. The molecule has 0 amide bonds. The van der Waals surface area contributed by atoms with Crippen LogP contribution in [0.5, 0.6) is 0 Å². The highest BCUT2D eigenvalue weighted by atomic mass is 32.2. The van der Waals surface area contributed by atoms with Crippen LogP contribution in [-0.4, -0.2) is 9.82 Å². The maximum atomic E-state index is 10.5. The summed E-state index contributed by atoms with van der Waals surface area (Å²) in [5, 5.41) is 23.5. The van der Waals surface area contributed by atoms with Crippen molar-refractivity contribution in [2.75, 3.05) is 0 Å². The minimum Gasteiger partial charge on any atom is -0.308 e. The van der Waals surface area contributed by atoms with Crippen LogP contribution in [0.25, 0.3) is 50.0 Å². The molecule has 1 aliphatic heterocycles. The molecule has 3 heterocycles. The summed E-state index contributed by atoms with van der Waals surface area (Å²) in [7, 11) is 0. The van der Waals surface area contributed by atoms with E-state index in [9.17, 15) is 10.5 Å². The lowest BCUT2D eigenvalue weighted by molar-refractivity contribution is 0.543. The molecule has 3 unspecified atom stereocenters. The Morgan fingerprint density at radius 2 is 1.78 bits per heavy atom. The van der Waals surface area contributed by atoms with Gasteiger partial charge in [-0.1, -0.05) is 67.6 Å². The van der Waals surface area contributed by atoms with E-state index in [0.29, 0.717) is 22.6 Å². The fourth-order valence-corrected chi connectivity index (χ4v) is 12.1. The van der Waals surface area contributed by atoms with E-state index >= 15 is 0 Å². The van der Waals surface area contributed by atoms with Gasteiger partial charge in [-0.15, -0.1) is 23.1 Å². The fourth-order valence-electron chi connectivity index (χ4n) is 9.24. The van der Waals surface area contributed by atoms with Crippen molar-refractivity contribution >= 4 is 56.2 Å². The molecule has 3 aromatic carbocycles. The van der Waals surface area contributed by atoms with E-state index in [0.717, 1.165) is 66.4 Å². The summed E-state index contributed by atoms with van der Waals surface area (Å²) in [6.07, 6.45) is 21.8. The molecule has 0 spiro atoms. The van der Waals surface area contributed by atoms with Crippen molar-refractivity contribution in [1.82, 2.24) is 4.57 Å². The molecule has 2 aromatic heterocycles. The number of thiophene rings is 1. The summed E-state index contributed by atoms with van der Waals surface area (Å²) in [5.41, 5.74) is 14.0. The monoisotopic (exact) mass is 693 g/mol. The Hall–Kier alpha value is -5.07. The van der Waals surface area contributed by atoms with Gasteiger partial charge >= 0.3 is 0 Å². The van der Waals surface area contributed by atoms with Crippen molar-refractivity contribution in [3.8, 4) is 29.0 Å². The van der Waals surface area contributed by atoms with Crippen molar-refractivity contribution in [3.63, 3.8) is 0 Å². The van der Waals surface area contributed by atoms with E-state index in [-0.39, 0.29) is 0 Å². The van der Waals surface area contributed by atoms with Crippen LogP contribution in [0.1, 0.15) is 72.2 Å². The first-order valence-corrected chi connectivity index (χ1v) is 19.8. The summed E-state index contributed by atoms with van der Waals surface area (Å²) in [5.74, 6) is 0.790. The predicted molar refractivity (Wildman–Crippen MR) is 214 cm³/mol. The number of rotatable bonds is 3. The zero-order valence-electron chi connectivity index (χ0n) is 28.4. The molecular formula is C46H35N3S2. The van der Waals surface area contributed by atoms with E-state index in [1.807, 2.05) is 29.5 Å². The molecule has 4 aliphatic carbocycles. The van der Waals surface area contributed by atoms with Gasteiger partial charge in [-0.3, -0.25) is 0 Å². The van der Waals surface area contributed by atoms with Crippen molar-refractivity contribution in [2.24, 2.45) is 5.92 Å². The lowest BCUT2D eigenvalue weighted by Gasteiger charge is -2.26. The van der Waals surface area contributed by atoms with Gasteiger partial charge in [0.2, 0.25) is 0 Å². The maximum absolute atomic E-state index is 10.5. The van der Waals surface area contributed by atoms with Gasteiger partial charge < -0.3 is 4.57 Å². The van der Waals surface area contributed by atoms with Crippen LogP contribution in [0.3, 0.4) is 0 Å². The van der Waals surface area contributed by atoms with Crippen LogP contribution in [-0.2, 0) is 6.42 Å². The normalized spacial score (nSPS) is 21.9. The van der Waals surface area contributed by atoms with Crippen molar-refractivity contribution < 1.29 is 0 Å². The van der Waals surface area contributed by atoms with Gasteiger partial charge in [0.05, 0.1) is 34.1 Å². The number of para-hydroxylation sites is 2. The highest BCUT2D eigenvalue weighted by Crippen LogP contribution is 2.56. The Morgan fingerprint density at radius 1 is 0.882 bits per heavy atom. The van der Waals surface area contributed by atoms with Crippen LogP contribution in [0.4, 0.5) is 0 Å². The molecule has 246 valence electrons. The molecule has 0 N–H and O–H groups in total. The number of nitriles is 2. The van der Waals surface area contributed by atoms with Crippen LogP contribution < -0.4 is 0 Å². The first-order valence-electron chi connectivity index (χ1n) is 18.1. The van der Waals surface area contributed by atoms with Gasteiger partial charge in [0.15, 0.2) is 0 Å². The summed E-state index contributed by atoms with van der Waals surface area (Å²) in [6, 6.07) is 26.8. The molecule has 0 saturated heterocycles. The SMILES string of the molecule is CC1CC=Cc2c1c1ccccc1n2-c1c(C#N)cccc1-c1ccc2sc3c(c2c1)C=C1C2=C(CCC(C4=C(C#N)C=CCC=C4)C2)SC1C3.